The highest BCUT2D eigenvalue weighted by Gasteiger charge is 2.51. The summed E-state index contributed by atoms with van der Waals surface area (Å²) in [6.07, 6.45) is 4.03. The first-order chi connectivity index (χ1) is 13.2. The Hall–Kier alpha value is -2.40. The number of carbonyl (C=O) groups excluding carboxylic acids is 1. The van der Waals surface area contributed by atoms with Crippen LogP contribution < -0.4 is 10.2 Å². The lowest BCUT2D eigenvalue weighted by Crippen LogP contribution is -2.50. The van der Waals surface area contributed by atoms with E-state index in [2.05, 4.69) is 40.5 Å². The van der Waals surface area contributed by atoms with Crippen molar-refractivity contribution in [3.05, 3.63) is 60.2 Å². The molecule has 5 heteroatoms. The van der Waals surface area contributed by atoms with Crippen molar-refractivity contribution in [2.45, 2.75) is 37.1 Å². The fourth-order valence-electron chi connectivity index (χ4n) is 4.12. The summed E-state index contributed by atoms with van der Waals surface area (Å²) in [5.74, 6) is 0.199. The molecule has 1 aromatic heterocycles. The van der Waals surface area contributed by atoms with Gasteiger partial charge in [0.2, 0.25) is 5.91 Å². The maximum absolute atomic E-state index is 13.0. The van der Waals surface area contributed by atoms with Crippen molar-refractivity contribution < 1.29 is 4.79 Å². The van der Waals surface area contributed by atoms with Crippen molar-refractivity contribution >= 4 is 32.6 Å². The van der Waals surface area contributed by atoms with E-state index in [0.29, 0.717) is 0 Å². The number of nitrogens with zero attached hydrogens (tertiary/aromatic N) is 2. The van der Waals surface area contributed by atoms with Crippen LogP contribution in [0.2, 0.25) is 0 Å². The molecule has 5 rings (SSSR count). The Morgan fingerprint density at radius 3 is 2.67 bits per heavy atom. The van der Waals surface area contributed by atoms with E-state index < -0.39 is 0 Å². The molecule has 0 bridgehead atoms. The van der Waals surface area contributed by atoms with Crippen LogP contribution in [0.4, 0.5) is 5.13 Å². The predicted molar refractivity (Wildman–Crippen MR) is 110 cm³/mol. The van der Waals surface area contributed by atoms with E-state index in [4.69, 9.17) is 4.98 Å². The van der Waals surface area contributed by atoms with Crippen molar-refractivity contribution in [2.24, 2.45) is 0 Å². The van der Waals surface area contributed by atoms with Gasteiger partial charge in [0, 0.05) is 19.1 Å². The van der Waals surface area contributed by atoms with E-state index in [1.54, 1.807) is 11.3 Å². The molecule has 4 nitrogen and oxygen atoms in total. The molecule has 3 aromatic rings. The molecule has 27 heavy (non-hydrogen) atoms. The molecule has 2 fully saturated rings. The fraction of sp³-hybridized carbons (Fsp3) is 0.364. The number of para-hydroxylation sites is 1. The average Bonchev–Trinajstić information content (AvgIpc) is 3.42. The summed E-state index contributed by atoms with van der Waals surface area (Å²) in [5.41, 5.74) is 1.92. The highest BCUT2D eigenvalue weighted by atomic mass is 32.1. The van der Waals surface area contributed by atoms with Crippen LogP contribution in [0, 0.1) is 0 Å². The number of fused-ring (bicyclic) bond motifs is 1. The zero-order chi connectivity index (χ0) is 18.3. The van der Waals surface area contributed by atoms with Gasteiger partial charge in [-0.2, -0.15) is 0 Å². The summed E-state index contributed by atoms with van der Waals surface area (Å²) >= 11 is 1.74. The molecule has 138 valence electrons. The molecule has 1 saturated carbocycles. The number of amides is 1. The van der Waals surface area contributed by atoms with Gasteiger partial charge in [-0.3, -0.25) is 4.79 Å². The third-order valence-corrected chi connectivity index (χ3v) is 6.92. The zero-order valence-corrected chi connectivity index (χ0v) is 16.0. The second kappa shape index (κ2) is 6.64. The Bertz CT molecular complexity index is 931. The van der Waals surface area contributed by atoms with E-state index in [-0.39, 0.29) is 17.4 Å². The van der Waals surface area contributed by atoms with Crippen molar-refractivity contribution in [1.29, 1.82) is 0 Å². The topological polar surface area (TPSA) is 45.2 Å². The maximum atomic E-state index is 13.0. The van der Waals surface area contributed by atoms with Crippen molar-refractivity contribution in [2.75, 3.05) is 18.0 Å². The van der Waals surface area contributed by atoms with Crippen LogP contribution in [0.1, 0.15) is 31.2 Å². The Morgan fingerprint density at radius 2 is 1.89 bits per heavy atom. The molecular formula is C22H23N3OS. The van der Waals surface area contributed by atoms with E-state index in [1.165, 1.54) is 4.70 Å². The smallest absolute Gasteiger partial charge is 0.230 e. The number of rotatable bonds is 4. The first-order valence-electron chi connectivity index (χ1n) is 9.72. The molecule has 1 N–H and O–H groups in total. The number of hydrogen-bond donors (Lipinski definition) is 1. The quantitative estimate of drug-likeness (QED) is 0.744. The van der Waals surface area contributed by atoms with Gasteiger partial charge >= 0.3 is 0 Å². The van der Waals surface area contributed by atoms with E-state index in [9.17, 15) is 4.79 Å². The van der Waals surface area contributed by atoms with Gasteiger partial charge in [-0.05, 0) is 43.4 Å². The largest absolute Gasteiger partial charge is 0.351 e. The van der Waals surface area contributed by atoms with Crippen LogP contribution in [0.25, 0.3) is 10.2 Å². The molecule has 1 unspecified atom stereocenters. The molecule has 2 aliphatic rings. The Labute approximate surface area is 163 Å². The van der Waals surface area contributed by atoms with Crippen molar-refractivity contribution in [3.8, 4) is 0 Å². The lowest BCUT2D eigenvalue weighted by Gasteiger charge is -2.33. The molecule has 0 spiro atoms. The van der Waals surface area contributed by atoms with Gasteiger partial charge in [0.1, 0.15) is 0 Å². The van der Waals surface area contributed by atoms with Crippen LogP contribution in [0.3, 0.4) is 0 Å². The summed E-state index contributed by atoms with van der Waals surface area (Å²) in [4.78, 5) is 20.2. The number of carbonyl (C=O) groups is 1. The molecule has 2 aromatic carbocycles. The average molecular weight is 378 g/mol. The molecule has 1 amide bonds. The van der Waals surface area contributed by atoms with Gasteiger partial charge in [-0.1, -0.05) is 53.8 Å². The number of anilines is 1. The molecule has 0 radical (unpaired) electrons. The molecule has 1 saturated heterocycles. The number of aromatic nitrogens is 1. The van der Waals surface area contributed by atoms with Gasteiger partial charge < -0.3 is 10.2 Å². The van der Waals surface area contributed by atoms with Gasteiger partial charge in [0.05, 0.1) is 15.6 Å². The van der Waals surface area contributed by atoms with Gasteiger partial charge in [-0.25, -0.2) is 4.98 Å². The molecule has 1 aliphatic carbocycles. The highest BCUT2D eigenvalue weighted by molar-refractivity contribution is 7.22. The van der Waals surface area contributed by atoms with Gasteiger partial charge in [0.25, 0.3) is 0 Å². The van der Waals surface area contributed by atoms with Crippen molar-refractivity contribution in [1.82, 2.24) is 10.3 Å². The number of nitrogens with one attached hydrogen (secondary N) is 1. The molecule has 1 atom stereocenters. The van der Waals surface area contributed by atoms with Gasteiger partial charge in [0.15, 0.2) is 5.13 Å². The maximum Gasteiger partial charge on any atom is 0.230 e. The van der Waals surface area contributed by atoms with Crippen LogP contribution in [-0.4, -0.2) is 30.0 Å². The summed E-state index contributed by atoms with van der Waals surface area (Å²) in [6, 6.07) is 18.7. The number of hydrogen-bond acceptors (Lipinski definition) is 4. The predicted octanol–water partition coefficient (Wildman–Crippen LogP) is 4.11. The van der Waals surface area contributed by atoms with E-state index in [0.717, 1.165) is 55.0 Å². The fourth-order valence-corrected chi connectivity index (χ4v) is 5.12. The zero-order valence-electron chi connectivity index (χ0n) is 15.2. The third kappa shape index (κ3) is 3.10. The van der Waals surface area contributed by atoms with Crippen LogP contribution >= 0.6 is 11.3 Å². The lowest BCUT2D eigenvalue weighted by atomic mass is 9.94. The minimum atomic E-state index is -0.292. The lowest BCUT2D eigenvalue weighted by molar-refractivity contribution is -0.124. The second-order valence-corrected chi connectivity index (χ2v) is 8.68. The standard InChI is InChI=1S/C22H23N3OS/c26-20(22(12-13-22)16-7-2-1-3-8-16)23-17-9-6-14-25(15-17)21-24-18-10-4-5-11-19(18)27-21/h1-5,7-8,10-11,17H,6,9,12-15H2,(H,23,26). The second-order valence-electron chi connectivity index (χ2n) is 7.67. The highest BCUT2D eigenvalue weighted by Crippen LogP contribution is 2.48. The Balaban J connectivity index is 1.29. The van der Waals surface area contributed by atoms with Crippen LogP contribution in [0.5, 0.6) is 0 Å². The van der Waals surface area contributed by atoms with Crippen LogP contribution in [-0.2, 0) is 10.2 Å². The van der Waals surface area contributed by atoms with Crippen molar-refractivity contribution in [3.63, 3.8) is 0 Å². The third-order valence-electron chi connectivity index (χ3n) is 5.82. The van der Waals surface area contributed by atoms with E-state index in [1.807, 2.05) is 24.3 Å². The first kappa shape index (κ1) is 16.8. The normalized spacial score (nSPS) is 21.2. The first-order valence-corrected chi connectivity index (χ1v) is 10.5. The molecular weight excluding hydrogens is 354 g/mol. The SMILES string of the molecule is O=C(NC1CCCN(c2nc3ccccc3s2)C1)C1(c2ccccc2)CC1. The number of benzene rings is 2. The van der Waals surface area contributed by atoms with Gasteiger partial charge in [-0.15, -0.1) is 0 Å². The minimum Gasteiger partial charge on any atom is -0.351 e. The van der Waals surface area contributed by atoms with E-state index >= 15 is 0 Å². The summed E-state index contributed by atoms with van der Waals surface area (Å²) < 4.78 is 1.22. The Kier molecular flexibility index (Phi) is 4.12. The minimum absolute atomic E-state index is 0.194. The number of piperidine rings is 1. The summed E-state index contributed by atoms with van der Waals surface area (Å²) in [5, 5.41) is 4.42. The number of thiazole rings is 1. The Morgan fingerprint density at radius 1 is 1.11 bits per heavy atom. The summed E-state index contributed by atoms with van der Waals surface area (Å²) in [6.45, 7) is 1.85. The summed E-state index contributed by atoms with van der Waals surface area (Å²) in [7, 11) is 0. The molecule has 1 aliphatic heterocycles. The monoisotopic (exact) mass is 377 g/mol. The van der Waals surface area contributed by atoms with Crippen LogP contribution in [0.15, 0.2) is 54.6 Å². The molecule has 2 heterocycles.